The topological polar surface area (TPSA) is 106 Å². The number of H-pyrrole nitrogens is 1. The van der Waals surface area contributed by atoms with Gasteiger partial charge in [0.1, 0.15) is 17.9 Å². The van der Waals surface area contributed by atoms with E-state index in [0.29, 0.717) is 16.7 Å². The van der Waals surface area contributed by atoms with Gasteiger partial charge in [-0.15, -0.1) is 5.10 Å². The number of fused-ring (bicyclic) bond motifs is 2. The molecule has 29 heavy (non-hydrogen) atoms. The third-order valence-electron chi connectivity index (χ3n) is 5.15. The largest absolute Gasteiger partial charge is 0.344 e. The predicted molar refractivity (Wildman–Crippen MR) is 110 cm³/mol. The van der Waals surface area contributed by atoms with E-state index < -0.39 is 0 Å². The first-order chi connectivity index (χ1) is 14.1. The SMILES string of the molecule is CC[C@H](C)[C@@H](NC(=O)Cn1nnc2ccccc2c1=O)c1nc2ccccc2[nH]1. The van der Waals surface area contributed by atoms with E-state index >= 15 is 0 Å². The number of para-hydroxylation sites is 2. The second-order valence-electron chi connectivity index (χ2n) is 7.14. The smallest absolute Gasteiger partial charge is 0.278 e. The Kier molecular flexibility index (Phi) is 5.07. The normalized spacial score (nSPS) is 13.4. The molecule has 4 rings (SSSR count). The maximum absolute atomic E-state index is 12.7. The average Bonchev–Trinajstić information content (AvgIpc) is 3.17. The predicted octanol–water partition coefficient (Wildman–Crippen LogP) is 2.57. The quantitative estimate of drug-likeness (QED) is 0.526. The van der Waals surface area contributed by atoms with E-state index in [2.05, 4.69) is 39.4 Å². The van der Waals surface area contributed by atoms with Gasteiger partial charge < -0.3 is 10.3 Å². The lowest BCUT2D eigenvalue weighted by atomic mass is 9.98. The summed E-state index contributed by atoms with van der Waals surface area (Å²) in [5, 5.41) is 11.4. The number of carbonyl (C=O) groups is 1. The van der Waals surface area contributed by atoms with Crippen LogP contribution in [0, 0.1) is 5.92 Å². The number of nitrogens with one attached hydrogen (secondary N) is 2. The molecule has 0 aliphatic carbocycles. The lowest BCUT2D eigenvalue weighted by Gasteiger charge is -2.22. The van der Waals surface area contributed by atoms with Crippen molar-refractivity contribution in [2.45, 2.75) is 32.9 Å². The number of aromatic nitrogens is 5. The number of hydrogen-bond donors (Lipinski definition) is 2. The van der Waals surface area contributed by atoms with E-state index in [9.17, 15) is 9.59 Å². The van der Waals surface area contributed by atoms with E-state index in [4.69, 9.17) is 0 Å². The van der Waals surface area contributed by atoms with Crippen LogP contribution in [0.3, 0.4) is 0 Å². The maximum atomic E-state index is 12.7. The molecule has 1 amide bonds. The van der Waals surface area contributed by atoms with Crippen LogP contribution in [0.15, 0.2) is 53.3 Å². The Hall–Kier alpha value is -3.55. The summed E-state index contributed by atoms with van der Waals surface area (Å²) in [5.41, 5.74) is 1.94. The maximum Gasteiger partial charge on any atom is 0.278 e. The second-order valence-corrected chi connectivity index (χ2v) is 7.14. The molecule has 2 aromatic heterocycles. The Morgan fingerprint density at radius 1 is 1.14 bits per heavy atom. The lowest BCUT2D eigenvalue weighted by Crippen LogP contribution is -2.38. The number of rotatable bonds is 6. The van der Waals surface area contributed by atoms with Gasteiger partial charge in [0.05, 0.1) is 22.5 Å². The van der Waals surface area contributed by atoms with Crippen molar-refractivity contribution in [1.29, 1.82) is 0 Å². The Labute approximate surface area is 167 Å². The fourth-order valence-corrected chi connectivity index (χ4v) is 3.32. The van der Waals surface area contributed by atoms with Gasteiger partial charge in [-0.05, 0) is 30.2 Å². The van der Waals surface area contributed by atoms with E-state index in [-0.39, 0.29) is 30.0 Å². The standard InChI is InChI=1S/C21H22N6O2/c1-3-13(2)19(20-22-16-10-6-7-11-17(16)23-20)24-18(28)12-27-21(29)14-8-4-5-9-15(14)25-26-27/h4-11,13,19H,3,12H2,1-2H3,(H,22,23)(H,24,28)/t13-,19+/m0/s1. The minimum absolute atomic E-state index is 0.152. The zero-order valence-electron chi connectivity index (χ0n) is 16.3. The van der Waals surface area contributed by atoms with Gasteiger partial charge in [0, 0.05) is 0 Å². The summed E-state index contributed by atoms with van der Waals surface area (Å²) >= 11 is 0. The monoisotopic (exact) mass is 390 g/mol. The number of imidazole rings is 1. The zero-order valence-corrected chi connectivity index (χ0v) is 16.3. The fraction of sp³-hybridized carbons (Fsp3) is 0.286. The van der Waals surface area contributed by atoms with Crippen molar-refractivity contribution >= 4 is 27.8 Å². The number of benzene rings is 2. The van der Waals surface area contributed by atoms with Crippen LogP contribution in [0.25, 0.3) is 21.9 Å². The van der Waals surface area contributed by atoms with Crippen LogP contribution in [-0.2, 0) is 11.3 Å². The van der Waals surface area contributed by atoms with Crippen LogP contribution in [-0.4, -0.2) is 30.9 Å². The summed E-state index contributed by atoms with van der Waals surface area (Å²) in [6, 6.07) is 14.4. The second kappa shape index (κ2) is 7.83. The van der Waals surface area contributed by atoms with Gasteiger partial charge >= 0.3 is 0 Å². The summed E-state index contributed by atoms with van der Waals surface area (Å²) in [5.74, 6) is 0.534. The van der Waals surface area contributed by atoms with Crippen molar-refractivity contribution < 1.29 is 4.79 Å². The van der Waals surface area contributed by atoms with Gasteiger partial charge in [0.25, 0.3) is 5.56 Å². The number of carbonyl (C=O) groups excluding carboxylic acids is 1. The van der Waals surface area contributed by atoms with Crippen molar-refractivity contribution in [3.8, 4) is 0 Å². The third-order valence-corrected chi connectivity index (χ3v) is 5.15. The highest BCUT2D eigenvalue weighted by molar-refractivity contribution is 5.79. The third kappa shape index (κ3) is 3.73. The molecule has 4 aromatic rings. The number of nitrogens with zero attached hydrogens (tertiary/aromatic N) is 4. The van der Waals surface area contributed by atoms with Gasteiger partial charge in [-0.25, -0.2) is 9.67 Å². The minimum atomic E-state index is -0.338. The first-order valence-electron chi connectivity index (χ1n) is 9.63. The van der Waals surface area contributed by atoms with Crippen molar-refractivity contribution in [3.05, 3.63) is 64.7 Å². The molecule has 0 fully saturated rings. The molecule has 0 spiro atoms. The molecule has 8 heteroatoms. The summed E-state index contributed by atoms with van der Waals surface area (Å²) in [4.78, 5) is 33.3. The van der Waals surface area contributed by atoms with Gasteiger partial charge in [-0.2, -0.15) is 0 Å². The number of hydrogen-bond acceptors (Lipinski definition) is 5. The lowest BCUT2D eigenvalue weighted by molar-refractivity contribution is -0.123. The Morgan fingerprint density at radius 3 is 2.62 bits per heavy atom. The Balaban J connectivity index is 1.59. The molecule has 0 saturated carbocycles. The molecular weight excluding hydrogens is 368 g/mol. The molecule has 0 radical (unpaired) electrons. The fourth-order valence-electron chi connectivity index (χ4n) is 3.32. The van der Waals surface area contributed by atoms with Gasteiger partial charge in [0.2, 0.25) is 5.91 Å². The van der Waals surface area contributed by atoms with Crippen molar-refractivity contribution in [2.24, 2.45) is 5.92 Å². The first kappa shape index (κ1) is 18.8. The Morgan fingerprint density at radius 2 is 1.86 bits per heavy atom. The van der Waals surface area contributed by atoms with Gasteiger partial charge in [0.15, 0.2) is 0 Å². The number of aromatic amines is 1. The van der Waals surface area contributed by atoms with Crippen LogP contribution in [0.1, 0.15) is 32.1 Å². The minimum Gasteiger partial charge on any atom is -0.344 e. The summed E-state index contributed by atoms with van der Waals surface area (Å²) in [6.07, 6.45) is 0.859. The van der Waals surface area contributed by atoms with Gasteiger partial charge in [-0.3, -0.25) is 9.59 Å². The van der Waals surface area contributed by atoms with Crippen molar-refractivity contribution in [3.63, 3.8) is 0 Å². The highest BCUT2D eigenvalue weighted by Gasteiger charge is 2.24. The molecule has 148 valence electrons. The zero-order chi connectivity index (χ0) is 20.4. The molecule has 0 bridgehead atoms. The van der Waals surface area contributed by atoms with Crippen LogP contribution in [0.2, 0.25) is 0 Å². The Bertz CT molecular complexity index is 1200. The molecule has 2 N–H and O–H groups in total. The van der Waals surface area contributed by atoms with Crippen LogP contribution < -0.4 is 10.9 Å². The van der Waals surface area contributed by atoms with E-state index in [1.165, 1.54) is 0 Å². The highest BCUT2D eigenvalue weighted by Crippen LogP contribution is 2.24. The first-order valence-corrected chi connectivity index (χ1v) is 9.63. The van der Waals surface area contributed by atoms with E-state index in [1.807, 2.05) is 24.3 Å². The molecule has 0 saturated heterocycles. The average molecular weight is 390 g/mol. The van der Waals surface area contributed by atoms with E-state index in [0.717, 1.165) is 22.1 Å². The number of amides is 1. The summed E-state index contributed by atoms with van der Waals surface area (Å²) in [6.45, 7) is 3.91. The highest BCUT2D eigenvalue weighted by atomic mass is 16.2. The molecule has 2 heterocycles. The summed E-state index contributed by atoms with van der Waals surface area (Å²) < 4.78 is 1.09. The molecule has 2 atom stereocenters. The van der Waals surface area contributed by atoms with Crippen LogP contribution >= 0.6 is 0 Å². The molecule has 0 aliphatic rings. The molecule has 8 nitrogen and oxygen atoms in total. The van der Waals surface area contributed by atoms with Crippen molar-refractivity contribution in [2.75, 3.05) is 0 Å². The van der Waals surface area contributed by atoms with Crippen LogP contribution in [0.4, 0.5) is 0 Å². The van der Waals surface area contributed by atoms with E-state index in [1.54, 1.807) is 24.3 Å². The molecule has 0 aliphatic heterocycles. The summed E-state index contributed by atoms with van der Waals surface area (Å²) in [7, 11) is 0. The molecule has 0 unspecified atom stereocenters. The van der Waals surface area contributed by atoms with Crippen molar-refractivity contribution in [1.82, 2.24) is 30.3 Å². The molecule has 2 aromatic carbocycles. The van der Waals surface area contributed by atoms with Gasteiger partial charge in [-0.1, -0.05) is 49.7 Å². The van der Waals surface area contributed by atoms with Crippen LogP contribution in [0.5, 0.6) is 0 Å². The molecular formula is C21H22N6O2.